The Hall–Kier alpha value is -3.29. The molecule has 0 radical (unpaired) electrons. The Kier molecular flexibility index (Phi) is 7.32. The number of hydrogen-bond donors (Lipinski definition) is 0. The average Bonchev–Trinajstić information content (AvgIpc) is 3.30. The molecule has 0 aliphatic rings. The SMILES string of the molecule is CCC(c1nc2occc2c(=O)n1Cc1ccccc1)N(CCN(C)C)Cc1ccncc1. The van der Waals surface area contributed by atoms with Crippen molar-refractivity contribution in [2.24, 2.45) is 0 Å². The smallest absolute Gasteiger partial charge is 0.265 e. The van der Waals surface area contributed by atoms with E-state index in [2.05, 4.69) is 35.8 Å². The lowest BCUT2D eigenvalue weighted by molar-refractivity contribution is 0.155. The van der Waals surface area contributed by atoms with E-state index in [-0.39, 0.29) is 11.6 Å². The number of furan rings is 1. The van der Waals surface area contributed by atoms with Crippen LogP contribution in [0.15, 0.2) is 76.4 Å². The lowest BCUT2D eigenvalue weighted by Gasteiger charge is -2.33. The molecule has 0 fully saturated rings. The van der Waals surface area contributed by atoms with E-state index in [0.717, 1.165) is 37.4 Å². The largest absolute Gasteiger partial charge is 0.446 e. The molecule has 0 bridgehead atoms. The molecule has 0 N–H and O–H groups in total. The van der Waals surface area contributed by atoms with Crippen molar-refractivity contribution >= 4 is 11.1 Å². The van der Waals surface area contributed by atoms with Crippen LogP contribution in [0, 0.1) is 0 Å². The number of benzene rings is 1. The monoisotopic (exact) mass is 445 g/mol. The Bertz CT molecular complexity index is 1220. The summed E-state index contributed by atoms with van der Waals surface area (Å²) < 4.78 is 7.39. The molecule has 3 aromatic heterocycles. The third kappa shape index (κ3) is 5.38. The zero-order valence-corrected chi connectivity index (χ0v) is 19.5. The third-order valence-electron chi connectivity index (χ3n) is 5.89. The van der Waals surface area contributed by atoms with Crippen LogP contribution in [0.3, 0.4) is 0 Å². The van der Waals surface area contributed by atoms with Gasteiger partial charge in [-0.15, -0.1) is 0 Å². The van der Waals surface area contributed by atoms with Crippen molar-refractivity contribution in [1.29, 1.82) is 0 Å². The summed E-state index contributed by atoms with van der Waals surface area (Å²) in [5, 5.41) is 0.513. The molecule has 4 rings (SSSR count). The fourth-order valence-corrected chi connectivity index (χ4v) is 4.14. The molecule has 7 heteroatoms. The topological polar surface area (TPSA) is 67.4 Å². The molecule has 172 valence electrons. The van der Waals surface area contributed by atoms with Crippen LogP contribution in [0.1, 0.15) is 36.3 Å². The summed E-state index contributed by atoms with van der Waals surface area (Å²) in [6.07, 6.45) is 5.99. The van der Waals surface area contributed by atoms with E-state index in [1.807, 2.05) is 59.4 Å². The summed E-state index contributed by atoms with van der Waals surface area (Å²) in [5.74, 6) is 0.738. The van der Waals surface area contributed by atoms with E-state index >= 15 is 0 Å². The van der Waals surface area contributed by atoms with E-state index in [1.165, 1.54) is 11.8 Å². The zero-order valence-electron chi connectivity index (χ0n) is 19.5. The predicted octanol–water partition coefficient (Wildman–Crippen LogP) is 3.95. The average molecular weight is 446 g/mol. The van der Waals surface area contributed by atoms with E-state index < -0.39 is 0 Å². The van der Waals surface area contributed by atoms with Gasteiger partial charge in [-0.2, -0.15) is 4.98 Å². The minimum atomic E-state index is -0.0671. The Labute approximate surface area is 194 Å². The van der Waals surface area contributed by atoms with Crippen LogP contribution in [0.5, 0.6) is 0 Å². The van der Waals surface area contributed by atoms with Gasteiger partial charge in [0.1, 0.15) is 11.2 Å². The minimum absolute atomic E-state index is 0.0518. The van der Waals surface area contributed by atoms with E-state index in [1.54, 1.807) is 6.07 Å². The third-order valence-corrected chi connectivity index (χ3v) is 5.89. The van der Waals surface area contributed by atoms with Crippen LogP contribution in [0.2, 0.25) is 0 Å². The van der Waals surface area contributed by atoms with Crippen molar-refractivity contribution < 1.29 is 4.42 Å². The van der Waals surface area contributed by atoms with Crippen molar-refractivity contribution in [3.05, 3.63) is 94.5 Å². The second-order valence-corrected chi connectivity index (χ2v) is 8.54. The molecule has 0 spiro atoms. The predicted molar refractivity (Wildman–Crippen MR) is 130 cm³/mol. The molecule has 1 atom stereocenters. The van der Waals surface area contributed by atoms with Crippen molar-refractivity contribution in [3.8, 4) is 0 Å². The van der Waals surface area contributed by atoms with Crippen molar-refractivity contribution in [3.63, 3.8) is 0 Å². The molecular weight excluding hydrogens is 414 g/mol. The highest BCUT2D eigenvalue weighted by Gasteiger charge is 2.26. The summed E-state index contributed by atoms with van der Waals surface area (Å²) in [7, 11) is 4.15. The standard InChI is InChI=1S/C26H31N5O2/c1-4-23(30(16-15-29(2)3)18-21-10-13-27-14-11-21)24-28-25-22(12-17-33-25)26(32)31(24)19-20-8-6-5-7-9-20/h5-14,17,23H,4,15-16,18-19H2,1-3H3. The van der Waals surface area contributed by atoms with E-state index in [4.69, 9.17) is 9.40 Å². The highest BCUT2D eigenvalue weighted by molar-refractivity contribution is 5.71. The summed E-state index contributed by atoms with van der Waals surface area (Å²) in [6, 6.07) is 15.8. The Morgan fingerprint density at radius 2 is 1.76 bits per heavy atom. The maximum atomic E-state index is 13.5. The zero-order chi connectivity index (χ0) is 23.2. The van der Waals surface area contributed by atoms with E-state index in [0.29, 0.717) is 17.6 Å². The quantitative estimate of drug-likeness (QED) is 0.368. The highest BCUT2D eigenvalue weighted by Crippen LogP contribution is 2.26. The van der Waals surface area contributed by atoms with Crippen LogP contribution >= 0.6 is 0 Å². The molecule has 0 saturated heterocycles. The fraction of sp³-hybridized carbons (Fsp3) is 0.346. The second kappa shape index (κ2) is 10.6. The van der Waals surface area contributed by atoms with Crippen molar-refractivity contribution in [2.75, 3.05) is 27.2 Å². The van der Waals surface area contributed by atoms with Gasteiger partial charge in [-0.25, -0.2) is 0 Å². The van der Waals surface area contributed by atoms with Gasteiger partial charge in [-0.05, 0) is 49.8 Å². The summed E-state index contributed by atoms with van der Waals surface area (Å²) in [4.78, 5) is 27.1. The van der Waals surface area contributed by atoms with Gasteiger partial charge in [0.2, 0.25) is 5.71 Å². The van der Waals surface area contributed by atoms with Gasteiger partial charge < -0.3 is 9.32 Å². The fourth-order valence-electron chi connectivity index (χ4n) is 4.14. The first-order valence-electron chi connectivity index (χ1n) is 11.4. The summed E-state index contributed by atoms with van der Waals surface area (Å²) >= 11 is 0. The lowest BCUT2D eigenvalue weighted by atomic mass is 10.1. The van der Waals surface area contributed by atoms with Gasteiger partial charge in [-0.1, -0.05) is 37.3 Å². The normalized spacial score (nSPS) is 12.6. The molecule has 7 nitrogen and oxygen atoms in total. The number of aromatic nitrogens is 3. The van der Waals surface area contributed by atoms with Crippen LogP contribution in [0.25, 0.3) is 11.1 Å². The van der Waals surface area contributed by atoms with Gasteiger partial charge in [0.15, 0.2) is 0 Å². The van der Waals surface area contributed by atoms with Gasteiger partial charge in [0.05, 0.1) is 18.8 Å². The lowest BCUT2D eigenvalue weighted by Crippen LogP contribution is -2.38. The van der Waals surface area contributed by atoms with Gasteiger partial charge >= 0.3 is 0 Å². The number of fused-ring (bicyclic) bond motifs is 1. The number of nitrogens with zero attached hydrogens (tertiary/aromatic N) is 5. The Balaban J connectivity index is 1.79. The Morgan fingerprint density at radius 1 is 1.00 bits per heavy atom. The van der Waals surface area contributed by atoms with Crippen molar-refractivity contribution in [2.45, 2.75) is 32.5 Å². The van der Waals surface area contributed by atoms with Gasteiger partial charge in [-0.3, -0.25) is 19.2 Å². The Morgan fingerprint density at radius 3 is 2.45 bits per heavy atom. The van der Waals surface area contributed by atoms with Crippen LogP contribution in [-0.2, 0) is 13.1 Å². The second-order valence-electron chi connectivity index (χ2n) is 8.54. The van der Waals surface area contributed by atoms with Crippen LogP contribution < -0.4 is 5.56 Å². The highest BCUT2D eigenvalue weighted by atomic mass is 16.3. The van der Waals surface area contributed by atoms with Crippen molar-refractivity contribution in [1.82, 2.24) is 24.3 Å². The molecular formula is C26H31N5O2. The van der Waals surface area contributed by atoms with Gasteiger partial charge in [0.25, 0.3) is 5.56 Å². The molecule has 33 heavy (non-hydrogen) atoms. The number of rotatable bonds is 10. The molecule has 1 aromatic carbocycles. The minimum Gasteiger partial charge on any atom is -0.446 e. The molecule has 0 aliphatic heterocycles. The first kappa shape index (κ1) is 22.9. The molecule has 3 heterocycles. The molecule has 0 amide bonds. The number of likely N-dealkylation sites (N-methyl/N-ethyl adjacent to an activating group) is 1. The summed E-state index contributed by atoms with van der Waals surface area (Å²) in [5.41, 5.74) is 2.57. The van der Waals surface area contributed by atoms with Gasteiger partial charge in [0, 0.05) is 32.0 Å². The maximum absolute atomic E-state index is 13.5. The first-order chi connectivity index (χ1) is 16.1. The summed E-state index contributed by atoms with van der Waals surface area (Å²) in [6.45, 7) is 5.09. The van der Waals surface area contributed by atoms with E-state index in [9.17, 15) is 4.79 Å². The maximum Gasteiger partial charge on any atom is 0.265 e. The molecule has 1 unspecified atom stereocenters. The molecule has 0 saturated carbocycles. The molecule has 0 aliphatic carbocycles. The van der Waals surface area contributed by atoms with Crippen LogP contribution in [0.4, 0.5) is 0 Å². The molecule has 4 aromatic rings. The first-order valence-corrected chi connectivity index (χ1v) is 11.4. The number of pyridine rings is 1. The van der Waals surface area contributed by atoms with Crippen LogP contribution in [-0.4, -0.2) is 51.5 Å². The number of hydrogen-bond acceptors (Lipinski definition) is 6.